The lowest BCUT2D eigenvalue weighted by Crippen LogP contribution is -2.34. The number of rotatable bonds is 8. The fourth-order valence-electron chi connectivity index (χ4n) is 2.28. The van der Waals surface area contributed by atoms with Gasteiger partial charge in [-0.25, -0.2) is 13.1 Å². The Morgan fingerprint density at radius 1 is 1.36 bits per heavy atom. The molecule has 1 aromatic heterocycles. The minimum atomic E-state index is -4.10. The summed E-state index contributed by atoms with van der Waals surface area (Å²) in [6, 6.07) is 6.66. The van der Waals surface area contributed by atoms with Crippen molar-refractivity contribution in [2.45, 2.75) is 10.9 Å². The van der Waals surface area contributed by atoms with Crippen LogP contribution in [0.4, 0.5) is 5.69 Å². The summed E-state index contributed by atoms with van der Waals surface area (Å²) in [4.78, 5) is 11.8. The van der Waals surface area contributed by atoms with Gasteiger partial charge >= 0.3 is 0 Å². The minimum absolute atomic E-state index is 0.00791. The summed E-state index contributed by atoms with van der Waals surface area (Å²) in [5.74, 6) is 0.782. The minimum Gasteiger partial charge on any atom is -0.497 e. The number of sulfonamides is 1. The predicted octanol–water partition coefficient (Wildman–Crippen LogP) is 1.78. The van der Waals surface area contributed by atoms with E-state index >= 15 is 0 Å². The van der Waals surface area contributed by atoms with Crippen molar-refractivity contribution < 1.29 is 22.5 Å². The van der Waals surface area contributed by atoms with Crippen LogP contribution in [-0.4, -0.2) is 46.0 Å². The van der Waals surface area contributed by atoms with Gasteiger partial charge in [0.2, 0.25) is 10.0 Å². The summed E-state index contributed by atoms with van der Waals surface area (Å²) >= 11 is 0. The molecule has 1 heterocycles. The van der Waals surface area contributed by atoms with E-state index < -0.39 is 25.5 Å². The Labute approximate surface area is 145 Å². The second kappa shape index (κ2) is 7.64. The Morgan fingerprint density at radius 2 is 2.08 bits per heavy atom. The highest BCUT2D eigenvalue weighted by Gasteiger charge is 2.28. The average Bonchev–Trinajstić information content (AvgIpc) is 3.08. The first-order valence-electron chi connectivity index (χ1n) is 7.28. The molecule has 136 valence electrons. The number of hydrogen-bond donors (Lipinski definition) is 1. The quantitative estimate of drug-likeness (QED) is 0.557. The van der Waals surface area contributed by atoms with Gasteiger partial charge in [-0.15, -0.1) is 0 Å². The van der Waals surface area contributed by atoms with Crippen molar-refractivity contribution in [2.24, 2.45) is 0 Å². The zero-order valence-electron chi connectivity index (χ0n) is 14.0. The molecule has 0 radical (unpaired) electrons. The van der Waals surface area contributed by atoms with Crippen LogP contribution in [0.5, 0.6) is 5.75 Å². The first-order valence-corrected chi connectivity index (χ1v) is 8.76. The van der Waals surface area contributed by atoms with Crippen LogP contribution in [0.1, 0.15) is 11.8 Å². The summed E-state index contributed by atoms with van der Waals surface area (Å²) in [5, 5.41) is 11.2. The maximum atomic E-state index is 12.5. The van der Waals surface area contributed by atoms with Crippen LogP contribution < -0.4 is 9.46 Å². The normalized spacial score (nSPS) is 13.0. The molecule has 0 fully saturated rings. The van der Waals surface area contributed by atoms with Gasteiger partial charge in [-0.1, -0.05) is 0 Å². The van der Waals surface area contributed by atoms with Gasteiger partial charge in [0, 0.05) is 6.54 Å². The molecule has 0 saturated carbocycles. The van der Waals surface area contributed by atoms with Gasteiger partial charge in [0.25, 0.3) is 5.69 Å². The van der Waals surface area contributed by atoms with Crippen molar-refractivity contribution >= 4 is 15.7 Å². The summed E-state index contributed by atoms with van der Waals surface area (Å²) in [7, 11) is 0.798. The highest BCUT2D eigenvalue weighted by molar-refractivity contribution is 7.89. The number of furan rings is 1. The maximum absolute atomic E-state index is 12.5. The number of hydrogen-bond acceptors (Lipinski definition) is 7. The van der Waals surface area contributed by atoms with Crippen molar-refractivity contribution in [3.8, 4) is 5.75 Å². The third kappa shape index (κ3) is 4.35. The van der Waals surface area contributed by atoms with Gasteiger partial charge in [-0.2, -0.15) is 0 Å². The van der Waals surface area contributed by atoms with Crippen LogP contribution in [0, 0.1) is 10.1 Å². The third-order valence-electron chi connectivity index (χ3n) is 3.61. The molecule has 1 unspecified atom stereocenters. The number of benzene rings is 1. The third-order valence-corrected chi connectivity index (χ3v) is 5.08. The Balaban J connectivity index is 2.28. The van der Waals surface area contributed by atoms with Crippen LogP contribution in [0.25, 0.3) is 0 Å². The average molecular weight is 369 g/mol. The smallest absolute Gasteiger partial charge is 0.293 e. The highest BCUT2D eigenvalue weighted by atomic mass is 32.2. The Morgan fingerprint density at radius 3 is 2.60 bits per heavy atom. The molecule has 0 spiro atoms. The van der Waals surface area contributed by atoms with E-state index in [1.165, 1.54) is 19.4 Å². The number of nitro groups is 1. The lowest BCUT2D eigenvalue weighted by Gasteiger charge is -2.22. The zero-order chi connectivity index (χ0) is 18.6. The first kappa shape index (κ1) is 18.9. The fraction of sp³-hybridized carbons (Fsp3) is 0.333. The molecule has 0 amide bonds. The van der Waals surface area contributed by atoms with Gasteiger partial charge in [0.15, 0.2) is 4.90 Å². The lowest BCUT2D eigenvalue weighted by molar-refractivity contribution is -0.387. The molecule has 1 atom stereocenters. The Bertz CT molecular complexity index is 833. The number of nitrogens with zero attached hydrogens (tertiary/aromatic N) is 2. The molecule has 9 nitrogen and oxygen atoms in total. The second-order valence-corrected chi connectivity index (χ2v) is 7.17. The van der Waals surface area contributed by atoms with Gasteiger partial charge in [-0.3, -0.25) is 15.0 Å². The van der Waals surface area contributed by atoms with Gasteiger partial charge in [0.1, 0.15) is 11.5 Å². The van der Waals surface area contributed by atoms with Crippen LogP contribution in [0.2, 0.25) is 0 Å². The van der Waals surface area contributed by atoms with Gasteiger partial charge < -0.3 is 9.15 Å². The van der Waals surface area contributed by atoms with Gasteiger partial charge in [0.05, 0.1) is 30.4 Å². The van der Waals surface area contributed by atoms with E-state index in [9.17, 15) is 18.5 Å². The number of likely N-dealkylation sites (N-methyl/N-ethyl adjacent to an activating group) is 1. The molecule has 0 bridgehead atoms. The van der Waals surface area contributed by atoms with Gasteiger partial charge in [-0.05, 0) is 38.4 Å². The number of ether oxygens (including phenoxy) is 1. The fourth-order valence-corrected chi connectivity index (χ4v) is 3.47. The molecular formula is C15H19N3O6S. The van der Waals surface area contributed by atoms with E-state index in [0.29, 0.717) is 5.76 Å². The summed E-state index contributed by atoms with van der Waals surface area (Å²) in [6.45, 7) is -0.00791. The Hall–Kier alpha value is -2.43. The zero-order valence-corrected chi connectivity index (χ0v) is 14.8. The summed E-state index contributed by atoms with van der Waals surface area (Å²) in [6.07, 6.45) is 1.49. The molecule has 2 rings (SSSR count). The molecule has 0 aliphatic carbocycles. The molecule has 0 aliphatic rings. The monoisotopic (exact) mass is 369 g/mol. The van der Waals surface area contributed by atoms with Crippen molar-refractivity contribution in [1.82, 2.24) is 9.62 Å². The largest absolute Gasteiger partial charge is 0.497 e. The standard InChI is InChI=1S/C15H19N3O6S/c1-17(2)13(14-5-4-8-24-14)10-16-25(21,22)15-7-6-11(23-3)9-12(15)18(19)20/h4-9,13,16H,10H2,1-3H3. The van der Waals surface area contributed by atoms with E-state index in [1.54, 1.807) is 31.1 Å². The number of nitrogens with one attached hydrogen (secondary N) is 1. The van der Waals surface area contributed by atoms with Crippen LogP contribution in [0.15, 0.2) is 45.9 Å². The molecule has 10 heteroatoms. The van der Waals surface area contributed by atoms with Crippen LogP contribution >= 0.6 is 0 Å². The van der Waals surface area contributed by atoms with E-state index in [1.807, 2.05) is 0 Å². The Kier molecular flexibility index (Phi) is 5.77. The molecule has 0 saturated heterocycles. The van der Waals surface area contributed by atoms with E-state index in [0.717, 1.165) is 12.1 Å². The molecule has 1 aromatic carbocycles. The summed E-state index contributed by atoms with van der Waals surface area (Å²) < 4.78 is 37.7. The molecule has 0 aliphatic heterocycles. The van der Waals surface area contributed by atoms with Crippen molar-refractivity contribution in [3.05, 3.63) is 52.5 Å². The van der Waals surface area contributed by atoms with E-state index in [4.69, 9.17) is 9.15 Å². The topological polar surface area (TPSA) is 115 Å². The molecular weight excluding hydrogens is 350 g/mol. The lowest BCUT2D eigenvalue weighted by atomic mass is 10.2. The summed E-state index contributed by atoms with van der Waals surface area (Å²) in [5.41, 5.74) is -0.550. The van der Waals surface area contributed by atoms with Crippen molar-refractivity contribution in [1.29, 1.82) is 0 Å². The molecule has 1 N–H and O–H groups in total. The van der Waals surface area contributed by atoms with E-state index in [-0.39, 0.29) is 18.3 Å². The first-order chi connectivity index (χ1) is 11.8. The highest BCUT2D eigenvalue weighted by Crippen LogP contribution is 2.28. The van der Waals surface area contributed by atoms with Crippen molar-refractivity contribution in [3.63, 3.8) is 0 Å². The number of methoxy groups -OCH3 is 1. The van der Waals surface area contributed by atoms with E-state index in [2.05, 4.69) is 4.72 Å². The maximum Gasteiger partial charge on any atom is 0.293 e. The number of nitro benzene ring substituents is 1. The second-order valence-electron chi connectivity index (χ2n) is 5.44. The van der Waals surface area contributed by atoms with Crippen molar-refractivity contribution in [2.75, 3.05) is 27.7 Å². The molecule has 25 heavy (non-hydrogen) atoms. The predicted molar refractivity (Wildman–Crippen MR) is 90.0 cm³/mol. The van der Waals surface area contributed by atoms with Crippen LogP contribution in [0.3, 0.4) is 0 Å². The van der Waals surface area contributed by atoms with Crippen LogP contribution in [-0.2, 0) is 10.0 Å². The molecule has 2 aromatic rings. The SMILES string of the molecule is COc1ccc(S(=O)(=O)NCC(c2ccco2)N(C)C)c([N+](=O)[O-])c1.